The van der Waals surface area contributed by atoms with E-state index in [1.807, 2.05) is 13.8 Å². The second-order valence-electron chi connectivity index (χ2n) is 3.80. The average molecular weight is 245 g/mol. The number of carbonyl (C=O) groups excluding carboxylic acids is 2. The Labute approximate surface area is 98.5 Å². The van der Waals surface area contributed by atoms with E-state index in [0.29, 0.717) is 6.42 Å². The average Bonchev–Trinajstić information content (AvgIpc) is 2.68. The van der Waals surface area contributed by atoms with Gasteiger partial charge in [-0.15, -0.1) is 0 Å². The summed E-state index contributed by atoms with van der Waals surface area (Å²) in [5.41, 5.74) is 0. The molecule has 0 fully saturated rings. The van der Waals surface area contributed by atoms with Crippen LogP contribution in [0.3, 0.4) is 0 Å². The van der Waals surface area contributed by atoms with E-state index in [1.54, 1.807) is 6.07 Å². The summed E-state index contributed by atoms with van der Waals surface area (Å²) in [5.74, 6) is -0.409. The molecular formula is C11H13ClO4. The first-order chi connectivity index (χ1) is 7.50. The summed E-state index contributed by atoms with van der Waals surface area (Å²) in [6.45, 7) is 3.82. The normalized spacial score (nSPS) is 12.5. The highest BCUT2D eigenvalue weighted by atomic mass is 35.5. The predicted molar refractivity (Wildman–Crippen MR) is 58.2 cm³/mol. The molecule has 4 nitrogen and oxygen atoms in total. The van der Waals surface area contributed by atoms with Gasteiger partial charge >= 0.3 is 5.97 Å². The van der Waals surface area contributed by atoms with Gasteiger partial charge in [-0.3, -0.25) is 4.79 Å². The van der Waals surface area contributed by atoms with Crippen LogP contribution in [-0.4, -0.2) is 17.3 Å². The molecule has 0 bridgehead atoms. The van der Waals surface area contributed by atoms with E-state index in [4.69, 9.17) is 20.8 Å². The maximum Gasteiger partial charge on any atom is 0.374 e. The number of hydrogen-bond acceptors (Lipinski definition) is 4. The SMILES string of the molecule is CC(C)C[C@@H](OC(=O)c1ccco1)C(=O)Cl. The highest BCUT2D eigenvalue weighted by molar-refractivity contribution is 6.64. The summed E-state index contributed by atoms with van der Waals surface area (Å²) in [6.07, 6.45) is 0.838. The Kier molecular flexibility index (Phi) is 4.55. The number of esters is 1. The van der Waals surface area contributed by atoms with Crippen LogP contribution in [0, 0.1) is 5.92 Å². The summed E-state index contributed by atoms with van der Waals surface area (Å²) in [5, 5.41) is -0.673. The van der Waals surface area contributed by atoms with Crippen molar-refractivity contribution in [1.29, 1.82) is 0 Å². The van der Waals surface area contributed by atoms with E-state index < -0.39 is 17.3 Å². The second-order valence-corrected chi connectivity index (χ2v) is 4.18. The third-order valence-corrected chi connectivity index (χ3v) is 2.15. The lowest BCUT2D eigenvalue weighted by Gasteiger charge is -2.14. The van der Waals surface area contributed by atoms with Crippen molar-refractivity contribution < 1.29 is 18.7 Å². The Morgan fingerprint density at radius 2 is 2.19 bits per heavy atom. The number of halogens is 1. The first-order valence-electron chi connectivity index (χ1n) is 4.94. The fourth-order valence-electron chi connectivity index (χ4n) is 1.20. The van der Waals surface area contributed by atoms with Gasteiger partial charge in [-0.2, -0.15) is 0 Å². The van der Waals surface area contributed by atoms with Crippen LogP contribution in [0.2, 0.25) is 0 Å². The van der Waals surface area contributed by atoms with Gasteiger partial charge in [-0.05, 0) is 36.1 Å². The highest BCUT2D eigenvalue weighted by Crippen LogP contribution is 2.14. The molecule has 0 N–H and O–H groups in total. The molecule has 0 aliphatic heterocycles. The zero-order valence-electron chi connectivity index (χ0n) is 9.10. The van der Waals surface area contributed by atoms with Gasteiger partial charge in [0.15, 0.2) is 6.10 Å². The summed E-state index contributed by atoms with van der Waals surface area (Å²) in [4.78, 5) is 22.5. The van der Waals surface area contributed by atoms with Gasteiger partial charge in [-0.25, -0.2) is 4.79 Å². The molecule has 0 spiro atoms. The minimum Gasteiger partial charge on any atom is -0.457 e. The third-order valence-electron chi connectivity index (χ3n) is 1.91. The Morgan fingerprint density at radius 1 is 1.50 bits per heavy atom. The van der Waals surface area contributed by atoms with Gasteiger partial charge in [0.1, 0.15) is 0 Å². The Hall–Kier alpha value is -1.29. The van der Waals surface area contributed by atoms with E-state index in [-0.39, 0.29) is 11.7 Å². The summed E-state index contributed by atoms with van der Waals surface area (Å²) >= 11 is 5.35. The topological polar surface area (TPSA) is 56.5 Å². The van der Waals surface area contributed by atoms with Gasteiger partial charge < -0.3 is 9.15 Å². The quantitative estimate of drug-likeness (QED) is 0.590. The molecule has 0 aliphatic rings. The van der Waals surface area contributed by atoms with Crippen LogP contribution in [0.1, 0.15) is 30.8 Å². The van der Waals surface area contributed by atoms with Crippen molar-refractivity contribution in [1.82, 2.24) is 0 Å². The first-order valence-corrected chi connectivity index (χ1v) is 5.32. The van der Waals surface area contributed by atoms with E-state index in [9.17, 15) is 9.59 Å². The molecule has 1 heterocycles. The molecule has 0 aliphatic carbocycles. The molecular weight excluding hydrogens is 232 g/mol. The summed E-state index contributed by atoms with van der Waals surface area (Å²) in [7, 11) is 0. The molecule has 1 aromatic rings. The maximum atomic E-state index is 11.5. The molecule has 1 atom stereocenters. The van der Waals surface area contributed by atoms with Crippen LogP contribution in [0.4, 0.5) is 0 Å². The van der Waals surface area contributed by atoms with Gasteiger partial charge in [0.25, 0.3) is 5.24 Å². The lowest BCUT2D eigenvalue weighted by atomic mass is 10.1. The van der Waals surface area contributed by atoms with E-state index in [0.717, 1.165) is 0 Å². The smallest absolute Gasteiger partial charge is 0.374 e. The van der Waals surface area contributed by atoms with Gasteiger partial charge in [0.2, 0.25) is 5.76 Å². The highest BCUT2D eigenvalue weighted by Gasteiger charge is 2.24. The van der Waals surface area contributed by atoms with Crippen molar-refractivity contribution in [3.63, 3.8) is 0 Å². The number of hydrogen-bond donors (Lipinski definition) is 0. The van der Waals surface area contributed by atoms with Crippen LogP contribution >= 0.6 is 11.6 Å². The lowest BCUT2D eigenvalue weighted by molar-refractivity contribution is -0.120. The standard InChI is InChI=1S/C11H13ClO4/c1-7(2)6-9(10(12)13)16-11(14)8-4-3-5-15-8/h3-5,7,9H,6H2,1-2H3/t9-/m1/s1. The summed E-state index contributed by atoms with van der Waals surface area (Å²) < 4.78 is 9.80. The fraction of sp³-hybridized carbons (Fsp3) is 0.455. The monoisotopic (exact) mass is 244 g/mol. The Balaban J connectivity index is 2.62. The number of rotatable bonds is 5. The molecule has 1 rings (SSSR count). The number of carbonyl (C=O) groups is 2. The van der Waals surface area contributed by atoms with Crippen molar-refractivity contribution in [2.75, 3.05) is 0 Å². The van der Waals surface area contributed by atoms with E-state index in [2.05, 4.69) is 0 Å². The van der Waals surface area contributed by atoms with Crippen molar-refractivity contribution in [3.05, 3.63) is 24.2 Å². The van der Waals surface area contributed by atoms with Crippen molar-refractivity contribution in [2.45, 2.75) is 26.4 Å². The molecule has 0 unspecified atom stereocenters. The van der Waals surface area contributed by atoms with Gasteiger partial charge in [-0.1, -0.05) is 13.8 Å². The lowest BCUT2D eigenvalue weighted by Crippen LogP contribution is -2.25. The molecule has 88 valence electrons. The largest absolute Gasteiger partial charge is 0.457 e. The van der Waals surface area contributed by atoms with Crippen LogP contribution in [0.5, 0.6) is 0 Å². The Bertz CT molecular complexity index is 356. The first kappa shape index (κ1) is 12.8. The molecule has 1 aromatic heterocycles. The zero-order chi connectivity index (χ0) is 12.1. The van der Waals surface area contributed by atoms with Crippen LogP contribution in [0.25, 0.3) is 0 Å². The van der Waals surface area contributed by atoms with Crippen LogP contribution in [0.15, 0.2) is 22.8 Å². The van der Waals surface area contributed by atoms with Crippen molar-refractivity contribution in [3.8, 4) is 0 Å². The molecule has 0 saturated heterocycles. The van der Waals surface area contributed by atoms with Gasteiger partial charge in [0.05, 0.1) is 6.26 Å². The molecule has 0 amide bonds. The molecule has 0 aromatic carbocycles. The van der Waals surface area contributed by atoms with Gasteiger partial charge in [0, 0.05) is 0 Å². The van der Waals surface area contributed by atoms with E-state index >= 15 is 0 Å². The maximum absolute atomic E-state index is 11.5. The van der Waals surface area contributed by atoms with Crippen LogP contribution in [-0.2, 0) is 9.53 Å². The third kappa shape index (κ3) is 3.70. The second kappa shape index (κ2) is 5.70. The molecule has 0 saturated carbocycles. The molecule has 5 heteroatoms. The minimum atomic E-state index is -0.917. The fourth-order valence-corrected chi connectivity index (χ4v) is 1.33. The number of ether oxygens (including phenoxy) is 1. The predicted octanol–water partition coefficient (Wildman–Crippen LogP) is 2.62. The zero-order valence-corrected chi connectivity index (χ0v) is 9.86. The van der Waals surface area contributed by atoms with E-state index in [1.165, 1.54) is 12.3 Å². The van der Waals surface area contributed by atoms with Crippen molar-refractivity contribution >= 4 is 22.8 Å². The number of furan rings is 1. The molecule has 0 radical (unpaired) electrons. The van der Waals surface area contributed by atoms with Crippen LogP contribution < -0.4 is 0 Å². The van der Waals surface area contributed by atoms with Crippen molar-refractivity contribution in [2.24, 2.45) is 5.92 Å². The minimum absolute atomic E-state index is 0.0617. The Morgan fingerprint density at radius 3 is 2.62 bits per heavy atom. The molecule has 16 heavy (non-hydrogen) atoms. The summed E-state index contributed by atoms with van der Waals surface area (Å²) in [6, 6.07) is 3.03.